The summed E-state index contributed by atoms with van der Waals surface area (Å²) in [7, 11) is -3.84. The Labute approximate surface area is 233 Å². The van der Waals surface area contributed by atoms with E-state index < -0.39 is 21.5 Å². The fourth-order valence-corrected chi connectivity index (χ4v) is 5.93. The van der Waals surface area contributed by atoms with Gasteiger partial charge in [0.15, 0.2) is 15.7 Å². The maximum atomic E-state index is 13.3. The summed E-state index contributed by atoms with van der Waals surface area (Å²) in [5, 5.41) is 2.75. The highest BCUT2D eigenvalue weighted by atomic mass is 35.5. The first-order chi connectivity index (χ1) is 18.3. The molecule has 3 aromatic rings. The predicted octanol–water partition coefficient (Wildman–Crippen LogP) is 4.93. The summed E-state index contributed by atoms with van der Waals surface area (Å²) in [5.74, 6) is 0.569. The Morgan fingerprint density at radius 2 is 1.90 bits per heavy atom. The zero-order chi connectivity index (χ0) is 28.4. The average molecular weight is 574 g/mol. The number of ether oxygens (including phenoxy) is 2. The van der Waals surface area contributed by atoms with Gasteiger partial charge < -0.3 is 20.1 Å². The first kappa shape index (κ1) is 28.6. The third-order valence-corrected chi connectivity index (χ3v) is 7.97. The van der Waals surface area contributed by atoms with Gasteiger partial charge in [-0.1, -0.05) is 11.6 Å². The number of amides is 1. The van der Waals surface area contributed by atoms with Crippen molar-refractivity contribution in [1.82, 2.24) is 9.97 Å². The molecule has 1 atom stereocenters. The lowest BCUT2D eigenvalue weighted by Crippen LogP contribution is -2.44. The number of nitrogens with zero attached hydrogens (tertiary/aromatic N) is 3. The number of sulfone groups is 1. The number of halogens is 1. The second-order valence-corrected chi connectivity index (χ2v) is 12.7. The minimum Gasteiger partial charge on any atom is -0.444 e. The Morgan fingerprint density at radius 1 is 1.18 bits per heavy atom. The van der Waals surface area contributed by atoms with Gasteiger partial charge in [0.25, 0.3) is 0 Å². The van der Waals surface area contributed by atoms with Crippen LogP contribution in [0.5, 0.6) is 0 Å². The minimum absolute atomic E-state index is 0.0163. The number of nitrogen functional groups attached to an aromatic ring is 1. The molecule has 1 aliphatic heterocycles. The standard InChI is InChI=1S/C27H32ClN5O5S/c1-17-15-37-12-11-33(17)24-14-21(16-39(35,36)23-10-7-19(29)13-22(23)28)30-25(32-24)18-5-8-20(9-6-18)31-26(34)38-27(2,3)4/h5-10,13-14,17H,11-12,15-16,29H2,1-4H3,(H,31,34)/t17-/m0/s1. The van der Waals surface area contributed by atoms with Gasteiger partial charge in [-0.3, -0.25) is 5.32 Å². The van der Waals surface area contributed by atoms with E-state index in [0.29, 0.717) is 54.0 Å². The lowest BCUT2D eigenvalue weighted by atomic mass is 10.2. The summed E-state index contributed by atoms with van der Waals surface area (Å²) in [5.41, 5.74) is 6.99. The molecular weight excluding hydrogens is 542 g/mol. The van der Waals surface area contributed by atoms with Gasteiger partial charge in [-0.05, 0) is 70.2 Å². The average Bonchev–Trinajstić information content (AvgIpc) is 2.83. The number of aromatic nitrogens is 2. The number of anilines is 3. The minimum atomic E-state index is -3.84. The number of rotatable bonds is 6. The van der Waals surface area contributed by atoms with E-state index in [-0.39, 0.29) is 21.7 Å². The Kier molecular flexibility index (Phi) is 8.34. The highest BCUT2D eigenvalue weighted by Crippen LogP contribution is 2.29. The molecule has 10 nitrogen and oxygen atoms in total. The Morgan fingerprint density at radius 3 is 2.54 bits per heavy atom. The number of hydrogen-bond acceptors (Lipinski definition) is 9. The van der Waals surface area contributed by atoms with Crippen LogP contribution in [-0.2, 0) is 25.1 Å². The molecule has 2 heterocycles. The molecule has 1 amide bonds. The predicted molar refractivity (Wildman–Crippen MR) is 152 cm³/mol. The molecule has 0 saturated carbocycles. The molecule has 0 bridgehead atoms. The number of morpholine rings is 1. The summed E-state index contributed by atoms with van der Waals surface area (Å²) >= 11 is 6.21. The van der Waals surface area contributed by atoms with Gasteiger partial charge in [0, 0.05) is 29.5 Å². The lowest BCUT2D eigenvalue weighted by molar-refractivity contribution is 0.0636. The van der Waals surface area contributed by atoms with Crippen molar-refractivity contribution in [1.29, 1.82) is 0 Å². The molecule has 2 aromatic carbocycles. The summed E-state index contributed by atoms with van der Waals surface area (Å²) in [6.07, 6.45) is -0.566. The molecule has 0 spiro atoms. The first-order valence-electron chi connectivity index (χ1n) is 12.4. The molecule has 1 fully saturated rings. The van der Waals surface area contributed by atoms with Gasteiger partial charge in [-0.2, -0.15) is 0 Å². The first-order valence-corrected chi connectivity index (χ1v) is 14.4. The molecule has 1 aliphatic rings. The number of benzene rings is 2. The zero-order valence-corrected chi connectivity index (χ0v) is 23.8. The van der Waals surface area contributed by atoms with Crippen molar-refractivity contribution >= 4 is 44.7 Å². The van der Waals surface area contributed by atoms with E-state index in [1.807, 2.05) is 6.92 Å². The maximum absolute atomic E-state index is 13.3. The van der Waals surface area contributed by atoms with Crippen LogP contribution < -0.4 is 16.0 Å². The van der Waals surface area contributed by atoms with Crippen molar-refractivity contribution in [2.45, 2.75) is 50.0 Å². The van der Waals surface area contributed by atoms with Crippen molar-refractivity contribution in [3.05, 3.63) is 59.2 Å². The van der Waals surface area contributed by atoms with Crippen molar-refractivity contribution in [3.63, 3.8) is 0 Å². The van der Waals surface area contributed by atoms with Crippen LogP contribution in [0.4, 0.5) is 22.0 Å². The van der Waals surface area contributed by atoms with Crippen LogP contribution in [0.1, 0.15) is 33.4 Å². The van der Waals surface area contributed by atoms with E-state index in [0.717, 1.165) is 0 Å². The van der Waals surface area contributed by atoms with Gasteiger partial charge >= 0.3 is 6.09 Å². The molecule has 1 saturated heterocycles. The summed E-state index contributed by atoms with van der Waals surface area (Å²) in [4.78, 5) is 23.5. The molecule has 12 heteroatoms. The van der Waals surface area contributed by atoms with E-state index in [1.165, 1.54) is 18.2 Å². The molecule has 39 heavy (non-hydrogen) atoms. The highest BCUT2D eigenvalue weighted by molar-refractivity contribution is 7.90. The van der Waals surface area contributed by atoms with Gasteiger partial charge in [0.2, 0.25) is 0 Å². The highest BCUT2D eigenvalue weighted by Gasteiger charge is 2.25. The van der Waals surface area contributed by atoms with Crippen molar-refractivity contribution in [2.75, 3.05) is 35.7 Å². The topological polar surface area (TPSA) is 137 Å². The maximum Gasteiger partial charge on any atom is 0.412 e. The summed E-state index contributed by atoms with van der Waals surface area (Å²) in [6.45, 7) is 9.04. The smallest absolute Gasteiger partial charge is 0.412 e. The normalized spacial score (nSPS) is 16.1. The molecule has 3 N–H and O–H groups in total. The third-order valence-electron chi connectivity index (χ3n) is 5.84. The summed E-state index contributed by atoms with van der Waals surface area (Å²) in [6, 6.07) is 13.0. The molecule has 0 radical (unpaired) electrons. The van der Waals surface area contributed by atoms with E-state index in [2.05, 4.69) is 15.2 Å². The Balaban J connectivity index is 1.67. The van der Waals surface area contributed by atoms with Crippen LogP contribution >= 0.6 is 11.6 Å². The van der Waals surface area contributed by atoms with E-state index >= 15 is 0 Å². The van der Waals surface area contributed by atoms with Crippen LogP contribution in [0.15, 0.2) is 53.4 Å². The van der Waals surface area contributed by atoms with Crippen molar-refractivity contribution in [3.8, 4) is 11.4 Å². The van der Waals surface area contributed by atoms with Gasteiger partial charge in [-0.25, -0.2) is 23.2 Å². The van der Waals surface area contributed by atoms with Crippen LogP contribution in [0, 0.1) is 0 Å². The summed E-state index contributed by atoms with van der Waals surface area (Å²) < 4.78 is 37.5. The second kappa shape index (κ2) is 11.4. The van der Waals surface area contributed by atoms with Crippen molar-refractivity contribution < 1.29 is 22.7 Å². The quantitative estimate of drug-likeness (QED) is 0.393. The third kappa shape index (κ3) is 7.37. The zero-order valence-electron chi connectivity index (χ0n) is 22.3. The van der Waals surface area contributed by atoms with E-state index in [1.54, 1.807) is 51.1 Å². The lowest BCUT2D eigenvalue weighted by Gasteiger charge is -2.34. The molecule has 208 valence electrons. The number of hydrogen-bond donors (Lipinski definition) is 2. The van der Waals surface area contributed by atoms with Crippen molar-refractivity contribution in [2.24, 2.45) is 0 Å². The van der Waals surface area contributed by atoms with Crippen LogP contribution in [0.2, 0.25) is 5.02 Å². The van der Waals surface area contributed by atoms with Crippen LogP contribution in [-0.4, -0.2) is 55.9 Å². The van der Waals surface area contributed by atoms with Crippen LogP contribution in [0.3, 0.4) is 0 Å². The SMILES string of the molecule is C[C@H]1COCCN1c1cc(CS(=O)(=O)c2ccc(N)cc2Cl)nc(-c2ccc(NC(=O)OC(C)(C)C)cc2)n1. The number of nitrogens with one attached hydrogen (secondary N) is 1. The van der Waals surface area contributed by atoms with E-state index in [9.17, 15) is 13.2 Å². The molecule has 1 aromatic heterocycles. The van der Waals surface area contributed by atoms with Gasteiger partial charge in [-0.15, -0.1) is 0 Å². The molecule has 0 aliphatic carbocycles. The van der Waals surface area contributed by atoms with Gasteiger partial charge in [0.05, 0.1) is 40.6 Å². The molecular formula is C27H32ClN5O5S. The molecule has 4 rings (SSSR count). The Bertz CT molecular complexity index is 1460. The number of carbonyl (C=O) groups is 1. The largest absolute Gasteiger partial charge is 0.444 e. The fourth-order valence-electron chi connectivity index (χ4n) is 4.07. The van der Waals surface area contributed by atoms with Crippen LogP contribution in [0.25, 0.3) is 11.4 Å². The second-order valence-electron chi connectivity index (χ2n) is 10.3. The molecule has 0 unspecified atom stereocenters. The van der Waals surface area contributed by atoms with Gasteiger partial charge in [0.1, 0.15) is 11.4 Å². The monoisotopic (exact) mass is 573 g/mol. The number of nitrogens with two attached hydrogens (primary N) is 1. The fraction of sp³-hybridized carbons (Fsp3) is 0.370. The van der Waals surface area contributed by atoms with E-state index in [4.69, 9.17) is 31.8 Å². The Hall–Kier alpha value is -3.41. The number of carbonyl (C=O) groups excluding carboxylic acids is 1.